The van der Waals surface area contributed by atoms with Gasteiger partial charge in [0.2, 0.25) is 5.91 Å². The molecule has 0 aliphatic heterocycles. The summed E-state index contributed by atoms with van der Waals surface area (Å²) in [4.78, 5) is 24.4. The number of hydrogen-bond acceptors (Lipinski definition) is 5. The molecule has 0 aliphatic carbocycles. The van der Waals surface area contributed by atoms with Crippen molar-refractivity contribution in [3.05, 3.63) is 65.1 Å². The summed E-state index contributed by atoms with van der Waals surface area (Å²) in [7, 11) is 2.52. The van der Waals surface area contributed by atoms with Gasteiger partial charge in [-0.25, -0.2) is 9.18 Å². The Kier molecular flexibility index (Phi) is 9.50. The van der Waals surface area contributed by atoms with Crippen LogP contribution in [0.2, 0.25) is 0 Å². The van der Waals surface area contributed by atoms with E-state index in [9.17, 15) is 40.3 Å². The van der Waals surface area contributed by atoms with Gasteiger partial charge in [0.05, 0.1) is 11.1 Å². The minimum atomic E-state index is -5.34. The van der Waals surface area contributed by atoms with E-state index in [1.54, 1.807) is 0 Å². The minimum absolute atomic E-state index is 0.0486. The normalized spacial score (nSPS) is 12.3. The van der Waals surface area contributed by atoms with Gasteiger partial charge in [0.25, 0.3) is 0 Å². The van der Waals surface area contributed by atoms with E-state index < -0.39 is 52.6 Å². The van der Waals surface area contributed by atoms with Crippen LogP contribution in [-0.2, 0) is 17.1 Å². The maximum Gasteiger partial charge on any atom is 0.420 e. The number of amides is 2. The molecule has 0 saturated heterocycles. The van der Waals surface area contributed by atoms with Crippen LogP contribution in [0.15, 0.2) is 42.6 Å². The number of carbonyl (C=O) groups is 2. The summed E-state index contributed by atoms with van der Waals surface area (Å²) < 4.78 is 101. The fourth-order valence-corrected chi connectivity index (χ4v) is 3.08. The number of anilines is 1. The number of likely N-dealkylation sites (N-methyl/N-ethyl adjacent to an activating group) is 1. The number of benzene rings is 2. The summed E-state index contributed by atoms with van der Waals surface area (Å²) in [6, 6.07) is 4.58. The predicted octanol–water partition coefficient (Wildman–Crippen LogP) is 4.52. The van der Waals surface area contributed by atoms with Crippen LogP contribution < -0.4 is 26.0 Å². The highest BCUT2D eigenvalue weighted by Crippen LogP contribution is 2.44. The second-order valence-electron chi connectivity index (χ2n) is 7.67. The highest BCUT2D eigenvalue weighted by Gasteiger charge is 2.41. The Hall–Kier alpha value is -3.81. The third-order valence-electron chi connectivity index (χ3n) is 4.90. The lowest BCUT2D eigenvalue weighted by atomic mass is 9.97. The Morgan fingerprint density at radius 2 is 1.68 bits per heavy atom. The Bertz CT molecular complexity index is 1150. The number of nitrogens with one attached hydrogen (secondary N) is 2. The van der Waals surface area contributed by atoms with Crippen molar-refractivity contribution in [2.24, 2.45) is 5.73 Å². The number of alkyl halides is 6. The van der Waals surface area contributed by atoms with Crippen molar-refractivity contribution in [1.82, 2.24) is 10.6 Å². The zero-order chi connectivity index (χ0) is 28.0. The van der Waals surface area contributed by atoms with Crippen LogP contribution in [0.1, 0.15) is 23.1 Å². The molecule has 0 saturated carbocycles. The van der Waals surface area contributed by atoms with Crippen molar-refractivity contribution in [1.29, 1.82) is 0 Å². The number of primary amides is 1. The van der Waals surface area contributed by atoms with Crippen molar-refractivity contribution in [2.75, 3.05) is 32.1 Å². The summed E-state index contributed by atoms with van der Waals surface area (Å²) in [6.45, 7) is -0.309. The summed E-state index contributed by atoms with van der Waals surface area (Å²) in [5.74, 6) is -2.49. The van der Waals surface area contributed by atoms with Gasteiger partial charge in [-0.2, -0.15) is 26.3 Å². The van der Waals surface area contributed by atoms with Crippen LogP contribution >= 0.6 is 0 Å². The summed E-state index contributed by atoms with van der Waals surface area (Å²) >= 11 is 0. The molecule has 0 bridgehead atoms. The SMILES string of the molecule is CNC/C(=C\NCCC(N)=O)c1cc(C(F)(F)F)cc(C(F)(F)F)c1OC(=O)N(C)c1ccc(F)cc1. The number of ether oxygens (including phenoxy) is 1. The van der Waals surface area contributed by atoms with Crippen LogP contribution in [0.25, 0.3) is 5.57 Å². The van der Waals surface area contributed by atoms with Gasteiger partial charge in [0, 0.05) is 44.0 Å². The number of carbonyl (C=O) groups excluding carboxylic acids is 2. The summed E-state index contributed by atoms with van der Waals surface area (Å²) in [5, 5.41) is 5.22. The molecule has 2 amide bonds. The third-order valence-corrected chi connectivity index (χ3v) is 4.90. The van der Waals surface area contributed by atoms with E-state index >= 15 is 0 Å². The van der Waals surface area contributed by atoms with Gasteiger partial charge in [-0.1, -0.05) is 0 Å². The van der Waals surface area contributed by atoms with Crippen LogP contribution in [0, 0.1) is 5.82 Å². The van der Waals surface area contributed by atoms with Gasteiger partial charge < -0.3 is 21.1 Å². The van der Waals surface area contributed by atoms with Gasteiger partial charge in [-0.3, -0.25) is 9.69 Å². The van der Waals surface area contributed by atoms with Gasteiger partial charge in [0.15, 0.2) is 5.75 Å². The van der Waals surface area contributed by atoms with Crippen molar-refractivity contribution in [2.45, 2.75) is 18.8 Å². The van der Waals surface area contributed by atoms with E-state index in [2.05, 4.69) is 10.6 Å². The molecule has 2 aromatic rings. The molecule has 4 N–H and O–H groups in total. The fraction of sp³-hybridized carbons (Fsp3) is 0.304. The maximum atomic E-state index is 13.9. The zero-order valence-corrected chi connectivity index (χ0v) is 19.6. The highest BCUT2D eigenvalue weighted by molar-refractivity contribution is 5.90. The third kappa shape index (κ3) is 8.10. The highest BCUT2D eigenvalue weighted by atomic mass is 19.4. The molecule has 0 aromatic heterocycles. The first-order valence-electron chi connectivity index (χ1n) is 10.5. The molecule has 37 heavy (non-hydrogen) atoms. The molecule has 0 heterocycles. The number of nitrogens with two attached hydrogens (primary N) is 1. The molecular formula is C23H23F7N4O3. The molecule has 14 heteroatoms. The molecule has 0 aliphatic rings. The Balaban J connectivity index is 2.68. The maximum absolute atomic E-state index is 13.9. The number of halogens is 7. The first-order chi connectivity index (χ1) is 17.1. The van der Waals surface area contributed by atoms with Crippen LogP contribution in [0.5, 0.6) is 5.75 Å². The van der Waals surface area contributed by atoms with Gasteiger partial charge in [0.1, 0.15) is 5.82 Å². The van der Waals surface area contributed by atoms with Gasteiger partial charge in [-0.15, -0.1) is 0 Å². The monoisotopic (exact) mass is 536 g/mol. The van der Waals surface area contributed by atoms with E-state index in [1.807, 2.05) is 0 Å². The molecule has 202 valence electrons. The first kappa shape index (κ1) is 29.4. The lowest BCUT2D eigenvalue weighted by molar-refractivity contribution is -0.143. The summed E-state index contributed by atoms with van der Waals surface area (Å²) in [5.41, 5.74) is 0.802. The van der Waals surface area contributed by atoms with E-state index in [1.165, 1.54) is 7.05 Å². The second-order valence-corrected chi connectivity index (χ2v) is 7.67. The van der Waals surface area contributed by atoms with Crippen molar-refractivity contribution >= 4 is 23.3 Å². The van der Waals surface area contributed by atoms with Gasteiger partial charge in [-0.05, 0) is 49.0 Å². The van der Waals surface area contributed by atoms with Crippen LogP contribution in [-0.4, -0.2) is 39.2 Å². The molecule has 0 fully saturated rings. The number of rotatable bonds is 9. The smallest absolute Gasteiger partial charge is 0.409 e. The fourth-order valence-electron chi connectivity index (χ4n) is 3.08. The standard InChI is InChI=1S/C23H23F7N4O3/c1-32-11-13(12-33-8-7-19(31)35)17-9-14(22(25,26)27)10-18(23(28,29)30)20(17)37-21(36)34(2)16-5-3-15(24)4-6-16/h3-6,9-10,12,32-33H,7-8,11H2,1-2H3,(H2,31,35)/b13-12+. The average Bonchev–Trinajstić information content (AvgIpc) is 2.79. The molecule has 2 rings (SSSR count). The molecule has 0 radical (unpaired) electrons. The predicted molar refractivity (Wildman–Crippen MR) is 121 cm³/mol. The first-order valence-corrected chi connectivity index (χ1v) is 10.5. The molecule has 0 spiro atoms. The molecular weight excluding hydrogens is 513 g/mol. The van der Waals surface area contributed by atoms with E-state index in [-0.39, 0.29) is 36.8 Å². The van der Waals surface area contributed by atoms with E-state index in [4.69, 9.17) is 10.5 Å². The Morgan fingerprint density at radius 1 is 1.05 bits per heavy atom. The average molecular weight is 536 g/mol. The van der Waals surface area contributed by atoms with Gasteiger partial charge >= 0.3 is 18.4 Å². The second kappa shape index (κ2) is 12.0. The van der Waals surface area contributed by atoms with Crippen molar-refractivity contribution in [3.63, 3.8) is 0 Å². The van der Waals surface area contributed by atoms with E-state index in [0.29, 0.717) is 6.07 Å². The number of hydrogen-bond donors (Lipinski definition) is 3. The zero-order valence-electron chi connectivity index (χ0n) is 19.6. The largest absolute Gasteiger partial charge is 0.420 e. The van der Waals surface area contributed by atoms with Crippen molar-refractivity contribution < 1.29 is 45.1 Å². The number of nitrogens with zero attached hydrogens (tertiary/aromatic N) is 1. The van der Waals surface area contributed by atoms with Crippen molar-refractivity contribution in [3.8, 4) is 5.75 Å². The molecule has 0 atom stereocenters. The lowest BCUT2D eigenvalue weighted by Crippen LogP contribution is -2.31. The Morgan fingerprint density at radius 3 is 2.19 bits per heavy atom. The molecule has 0 unspecified atom stereocenters. The minimum Gasteiger partial charge on any atom is -0.409 e. The van der Waals surface area contributed by atoms with Crippen LogP contribution in [0.3, 0.4) is 0 Å². The lowest BCUT2D eigenvalue weighted by Gasteiger charge is -2.23. The van der Waals surface area contributed by atoms with Crippen LogP contribution in [0.4, 0.5) is 41.2 Å². The molecule has 7 nitrogen and oxygen atoms in total. The summed E-state index contributed by atoms with van der Waals surface area (Å²) in [6.07, 6.45) is -10.9. The Labute approximate surface area is 207 Å². The molecule has 2 aromatic carbocycles. The quantitative estimate of drug-likeness (QED) is 0.324. The topological polar surface area (TPSA) is 96.7 Å². The van der Waals surface area contributed by atoms with E-state index in [0.717, 1.165) is 42.4 Å².